The molecule has 0 saturated heterocycles. The number of carbonyl (C=O) groups is 1. The average molecular weight is 259 g/mol. The summed E-state index contributed by atoms with van der Waals surface area (Å²) in [5.41, 5.74) is -0.442. The SMILES string of the molecule is O=C([O-])Cn1c(=O)ccn(Cc2ccccc2)c1=O. The molecule has 0 amide bonds. The minimum Gasteiger partial charge on any atom is -0.548 e. The van der Waals surface area contributed by atoms with Crippen molar-refractivity contribution in [2.75, 3.05) is 0 Å². The number of hydrogen-bond donors (Lipinski definition) is 0. The highest BCUT2D eigenvalue weighted by atomic mass is 16.4. The molecule has 6 nitrogen and oxygen atoms in total. The van der Waals surface area contributed by atoms with Crippen molar-refractivity contribution in [3.63, 3.8) is 0 Å². The molecule has 2 aromatic rings. The van der Waals surface area contributed by atoms with Gasteiger partial charge in [0.15, 0.2) is 0 Å². The number of carbonyl (C=O) groups excluding carboxylic acids is 1. The second-order valence-corrected chi connectivity index (χ2v) is 4.01. The van der Waals surface area contributed by atoms with Crippen LogP contribution in [0.5, 0.6) is 0 Å². The summed E-state index contributed by atoms with van der Waals surface area (Å²) in [6.07, 6.45) is 1.35. The van der Waals surface area contributed by atoms with Gasteiger partial charge in [-0.3, -0.25) is 13.9 Å². The van der Waals surface area contributed by atoms with Gasteiger partial charge in [0.1, 0.15) is 0 Å². The summed E-state index contributed by atoms with van der Waals surface area (Å²) in [4.78, 5) is 33.9. The molecule has 0 aliphatic rings. The van der Waals surface area contributed by atoms with Gasteiger partial charge in [0.25, 0.3) is 5.56 Å². The van der Waals surface area contributed by atoms with Crippen LogP contribution in [0, 0.1) is 0 Å². The van der Waals surface area contributed by atoms with Crippen molar-refractivity contribution in [1.82, 2.24) is 9.13 Å². The summed E-state index contributed by atoms with van der Waals surface area (Å²) in [7, 11) is 0. The number of carboxylic acids is 1. The number of benzene rings is 1. The summed E-state index contributed by atoms with van der Waals surface area (Å²) < 4.78 is 1.91. The highest BCUT2D eigenvalue weighted by Gasteiger charge is 2.05. The average Bonchev–Trinajstić information content (AvgIpc) is 2.39. The maximum Gasteiger partial charge on any atom is 0.331 e. The predicted molar refractivity (Wildman–Crippen MR) is 65.5 cm³/mol. The van der Waals surface area contributed by atoms with Crippen LogP contribution in [-0.4, -0.2) is 15.1 Å². The van der Waals surface area contributed by atoms with Gasteiger partial charge in [0, 0.05) is 12.3 Å². The first kappa shape index (κ1) is 12.8. The molecular weight excluding hydrogens is 248 g/mol. The molecule has 0 bridgehead atoms. The van der Waals surface area contributed by atoms with Crippen LogP contribution in [0.3, 0.4) is 0 Å². The van der Waals surface area contributed by atoms with E-state index in [1.807, 2.05) is 30.3 Å². The fourth-order valence-corrected chi connectivity index (χ4v) is 1.73. The smallest absolute Gasteiger partial charge is 0.331 e. The molecule has 2 rings (SSSR count). The third kappa shape index (κ3) is 2.98. The number of hydrogen-bond acceptors (Lipinski definition) is 4. The van der Waals surface area contributed by atoms with Crippen LogP contribution in [-0.2, 0) is 17.9 Å². The van der Waals surface area contributed by atoms with E-state index >= 15 is 0 Å². The van der Waals surface area contributed by atoms with E-state index in [2.05, 4.69) is 0 Å². The summed E-state index contributed by atoms with van der Waals surface area (Å²) in [6.45, 7) is -0.472. The Morgan fingerprint density at radius 2 is 1.79 bits per heavy atom. The molecule has 0 saturated carbocycles. The topological polar surface area (TPSA) is 84.1 Å². The number of rotatable bonds is 4. The molecule has 1 aromatic heterocycles. The molecule has 0 spiro atoms. The van der Waals surface area contributed by atoms with Crippen molar-refractivity contribution >= 4 is 5.97 Å². The Hall–Kier alpha value is -2.63. The van der Waals surface area contributed by atoms with Gasteiger partial charge in [-0.05, 0) is 5.56 Å². The van der Waals surface area contributed by atoms with Gasteiger partial charge < -0.3 is 9.90 Å². The standard InChI is InChI=1S/C13H12N2O4/c16-11-6-7-14(8-10-4-2-1-3-5-10)13(19)15(11)9-12(17)18/h1-7H,8-9H2,(H,17,18)/p-1. The molecule has 1 heterocycles. The molecule has 98 valence electrons. The van der Waals surface area contributed by atoms with E-state index in [0.717, 1.165) is 11.6 Å². The molecule has 1 aromatic carbocycles. The molecule has 0 unspecified atom stereocenters. The first-order valence-corrected chi connectivity index (χ1v) is 5.62. The molecule has 19 heavy (non-hydrogen) atoms. The molecule has 0 aliphatic carbocycles. The lowest BCUT2D eigenvalue weighted by Crippen LogP contribution is -2.43. The molecule has 0 aliphatic heterocycles. The Kier molecular flexibility index (Phi) is 3.61. The minimum absolute atomic E-state index is 0.271. The fourth-order valence-electron chi connectivity index (χ4n) is 1.73. The highest BCUT2D eigenvalue weighted by molar-refractivity contribution is 5.63. The molecule has 6 heteroatoms. The molecule has 0 atom stereocenters. The van der Waals surface area contributed by atoms with Crippen molar-refractivity contribution in [2.45, 2.75) is 13.1 Å². The molecular formula is C13H11N2O4-. The quantitative estimate of drug-likeness (QED) is 0.691. The third-order valence-corrected chi connectivity index (χ3v) is 2.62. The molecule has 0 N–H and O–H groups in total. The van der Waals surface area contributed by atoms with E-state index < -0.39 is 23.8 Å². The number of aliphatic carboxylic acids is 1. The first-order valence-electron chi connectivity index (χ1n) is 5.62. The van der Waals surface area contributed by atoms with Crippen LogP contribution in [0.2, 0.25) is 0 Å². The predicted octanol–water partition coefficient (Wildman–Crippen LogP) is -1.19. The van der Waals surface area contributed by atoms with Gasteiger partial charge in [-0.25, -0.2) is 4.79 Å². The zero-order valence-corrected chi connectivity index (χ0v) is 9.98. The Balaban J connectivity index is 2.40. The Labute approximate surface area is 108 Å². The van der Waals surface area contributed by atoms with Crippen LogP contribution in [0.4, 0.5) is 0 Å². The van der Waals surface area contributed by atoms with Crippen LogP contribution in [0.1, 0.15) is 5.56 Å². The minimum atomic E-state index is -1.48. The van der Waals surface area contributed by atoms with Gasteiger partial charge in [0.05, 0.1) is 19.1 Å². The van der Waals surface area contributed by atoms with Crippen molar-refractivity contribution in [2.24, 2.45) is 0 Å². The van der Waals surface area contributed by atoms with E-state index in [-0.39, 0.29) is 6.54 Å². The van der Waals surface area contributed by atoms with E-state index in [1.54, 1.807) is 0 Å². The molecule has 0 radical (unpaired) electrons. The lowest BCUT2D eigenvalue weighted by molar-refractivity contribution is -0.306. The second kappa shape index (κ2) is 5.34. The summed E-state index contributed by atoms with van der Waals surface area (Å²) >= 11 is 0. The normalized spacial score (nSPS) is 10.3. The Morgan fingerprint density at radius 1 is 1.11 bits per heavy atom. The van der Waals surface area contributed by atoms with Crippen molar-refractivity contribution in [3.05, 3.63) is 69.0 Å². The van der Waals surface area contributed by atoms with Gasteiger partial charge in [-0.15, -0.1) is 0 Å². The van der Waals surface area contributed by atoms with Crippen LogP contribution < -0.4 is 16.4 Å². The molecule has 0 fully saturated rings. The van der Waals surface area contributed by atoms with Crippen molar-refractivity contribution in [1.29, 1.82) is 0 Å². The van der Waals surface area contributed by atoms with Crippen LogP contribution in [0.15, 0.2) is 52.2 Å². The Bertz CT molecular complexity index is 701. The lowest BCUT2D eigenvalue weighted by Gasteiger charge is -2.10. The van der Waals surface area contributed by atoms with Gasteiger partial charge >= 0.3 is 5.69 Å². The van der Waals surface area contributed by atoms with Gasteiger partial charge in [-0.1, -0.05) is 30.3 Å². The Morgan fingerprint density at radius 3 is 2.42 bits per heavy atom. The maximum atomic E-state index is 12.0. The monoisotopic (exact) mass is 259 g/mol. The van der Waals surface area contributed by atoms with E-state index in [4.69, 9.17) is 0 Å². The number of aromatic nitrogens is 2. The second-order valence-electron chi connectivity index (χ2n) is 4.01. The fraction of sp³-hybridized carbons (Fsp3) is 0.154. The number of nitrogens with zero attached hydrogens (tertiary/aromatic N) is 2. The van der Waals surface area contributed by atoms with Gasteiger partial charge in [-0.2, -0.15) is 0 Å². The van der Waals surface area contributed by atoms with Gasteiger partial charge in [0.2, 0.25) is 0 Å². The number of carboxylic acid groups (broad SMARTS) is 1. The maximum absolute atomic E-state index is 12.0. The van der Waals surface area contributed by atoms with E-state index in [1.165, 1.54) is 10.8 Å². The summed E-state index contributed by atoms with van der Waals surface area (Å²) in [5.74, 6) is -1.48. The first-order chi connectivity index (χ1) is 9.08. The van der Waals surface area contributed by atoms with Crippen LogP contribution in [0.25, 0.3) is 0 Å². The zero-order chi connectivity index (χ0) is 13.8. The van der Waals surface area contributed by atoms with E-state index in [0.29, 0.717) is 4.57 Å². The summed E-state index contributed by atoms with van der Waals surface area (Å²) in [6, 6.07) is 10.3. The highest BCUT2D eigenvalue weighted by Crippen LogP contribution is 1.99. The lowest BCUT2D eigenvalue weighted by atomic mass is 10.2. The summed E-state index contributed by atoms with van der Waals surface area (Å²) in [5, 5.41) is 10.5. The van der Waals surface area contributed by atoms with Crippen molar-refractivity contribution in [3.8, 4) is 0 Å². The third-order valence-electron chi connectivity index (χ3n) is 2.62. The largest absolute Gasteiger partial charge is 0.548 e. The van der Waals surface area contributed by atoms with Crippen LogP contribution >= 0.6 is 0 Å². The zero-order valence-electron chi connectivity index (χ0n) is 9.98. The van der Waals surface area contributed by atoms with Crippen molar-refractivity contribution < 1.29 is 9.90 Å². The van der Waals surface area contributed by atoms with E-state index in [9.17, 15) is 19.5 Å².